The Morgan fingerprint density at radius 1 is 0.833 bits per heavy atom. The van der Waals surface area contributed by atoms with Crippen molar-refractivity contribution in [1.29, 1.82) is 0 Å². The van der Waals surface area contributed by atoms with Gasteiger partial charge in [0, 0.05) is 0 Å². The number of nitrogens with one attached hydrogen (secondary N) is 1. The zero-order chi connectivity index (χ0) is 21.0. The maximum atomic E-state index is 10.8. The van der Waals surface area contributed by atoms with E-state index in [-0.39, 0.29) is 6.10 Å². The summed E-state index contributed by atoms with van der Waals surface area (Å²) in [6, 6.07) is 28.6. The molecule has 5 nitrogen and oxygen atoms in total. The minimum atomic E-state index is -0.395. The van der Waals surface area contributed by atoms with E-state index in [1.54, 1.807) is 7.11 Å². The molecule has 1 saturated heterocycles. The lowest BCUT2D eigenvalue weighted by atomic mass is 10.0. The Labute approximate surface area is 177 Å². The van der Waals surface area contributed by atoms with Crippen LogP contribution in [0.2, 0.25) is 0 Å². The van der Waals surface area contributed by atoms with E-state index >= 15 is 0 Å². The van der Waals surface area contributed by atoms with Crippen LogP contribution in [-0.4, -0.2) is 32.5 Å². The molecule has 5 heteroatoms. The predicted molar refractivity (Wildman–Crippen MR) is 117 cm³/mol. The molecule has 0 spiro atoms. The van der Waals surface area contributed by atoms with Crippen LogP contribution in [0.4, 0.5) is 4.79 Å². The van der Waals surface area contributed by atoms with E-state index in [9.17, 15) is 4.79 Å². The normalized spacial score (nSPS) is 14.7. The van der Waals surface area contributed by atoms with Crippen LogP contribution in [0, 0.1) is 0 Å². The quantitative estimate of drug-likeness (QED) is 0.621. The molecule has 3 aromatic carbocycles. The van der Waals surface area contributed by atoms with Crippen molar-refractivity contribution in [3.05, 3.63) is 96.1 Å². The van der Waals surface area contributed by atoms with Crippen molar-refractivity contribution in [1.82, 2.24) is 5.32 Å². The summed E-state index contributed by atoms with van der Waals surface area (Å²) in [5.74, 6) is 1.31. The highest BCUT2D eigenvalue weighted by atomic mass is 16.6. The topological polar surface area (TPSA) is 56.8 Å². The number of hydrogen-bond acceptors (Lipinski definition) is 4. The first kappa shape index (κ1) is 21.2. The maximum absolute atomic E-state index is 10.8. The van der Waals surface area contributed by atoms with Crippen molar-refractivity contribution in [2.24, 2.45) is 0 Å². The summed E-state index contributed by atoms with van der Waals surface area (Å²) in [6.07, 6.45) is 1.63. The zero-order valence-electron chi connectivity index (χ0n) is 17.1. The monoisotopic (exact) mass is 405 g/mol. The highest BCUT2D eigenvalue weighted by Crippen LogP contribution is 2.26. The molecule has 1 aliphatic rings. The fourth-order valence-corrected chi connectivity index (χ4v) is 3.02. The summed E-state index contributed by atoms with van der Waals surface area (Å²) in [7, 11) is 1.58. The van der Waals surface area contributed by atoms with Gasteiger partial charge in [0.15, 0.2) is 17.6 Å². The summed E-state index contributed by atoms with van der Waals surface area (Å²) < 4.78 is 15.6. The summed E-state index contributed by atoms with van der Waals surface area (Å²) in [5.41, 5.74) is 2.83. The molecule has 1 aliphatic heterocycles. The van der Waals surface area contributed by atoms with Crippen molar-refractivity contribution in [2.75, 3.05) is 20.3 Å². The second-order valence-corrected chi connectivity index (χ2v) is 6.84. The summed E-state index contributed by atoms with van der Waals surface area (Å²) in [5, 5.41) is 2.56. The number of rotatable bonds is 7. The molecule has 156 valence electrons. The van der Waals surface area contributed by atoms with Gasteiger partial charge in [0.25, 0.3) is 0 Å². The third-order valence-corrected chi connectivity index (χ3v) is 4.63. The summed E-state index contributed by atoms with van der Waals surface area (Å²) in [6.45, 7) is 0.799. The van der Waals surface area contributed by atoms with Gasteiger partial charge in [-0.25, -0.2) is 4.79 Å². The Bertz CT molecular complexity index is 860. The van der Waals surface area contributed by atoms with Crippen molar-refractivity contribution in [2.45, 2.75) is 18.9 Å². The van der Waals surface area contributed by atoms with Crippen molar-refractivity contribution >= 4 is 6.09 Å². The standard InChI is InChI=1S/C14H14.C11H13NO4/c1-3-7-13(8-4-1)11-12-14-9-5-2-6-10-14;1-14-9-4-2-3-5-10(9)15-7-8-6-12-11(13)16-8/h1-10H,11-12H2;2-5,8H,6-7H2,1H3,(H,12,13). The third-order valence-electron chi connectivity index (χ3n) is 4.63. The first-order valence-corrected chi connectivity index (χ1v) is 10.0. The predicted octanol–water partition coefficient (Wildman–Crippen LogP) is 4.65. The number of cyclic esters (lactones) is 1. The average Bonchev–Trinajstić information content (AvgIpc) is 3.23. The number of methoxy groups -OCH3 is 1. The smallest absolute Gasteiger partial charge is 0.407 e. The molecule has 1 amide bonds. The molecule has 1 heterocycles. The number of para-hydroxylation sites is 2. The number of alkyl carbamates (subject to hydrolysis) is 1. The highest BCUT2D eigenvalue weighted by Gasteiger charge is 2.23. The number of hydrogen-bond donors (Lipinski definition) is 1. The van der Waals surface area contributed by atoms with Crippen molar-refractivity contribution in [3.8, 4) is 11.5 Å². The lowest BCUT2D eigenvalue weighted by molar-refractivity contribution is 0.103. The lowest BCUT2D eigenvalue weighted by Gasteiger charge is -2.12. The minimum absolute atomic E-state index is 0.239. The zero-order valence-corrected chi connectivity index (χ0v) is 17.1. The number of carbonyl (C=O) groups is 1. The second kappa shape index (κ2) is 11.5. The molecule has 1 N–H and O–H groups in total. The molecule has 1 unspecified atom stereocenters. The van der Waals surface area contributed by atoms with Crippen molar-refractivity contribution in [3.63, 3.8) is 0 Å². The maximum Gasteiger partial charge on any atom is 0.407 e. The van der Waals surface area contributed by atoms with Crippen LogP contribution in [0.25, 0.3) is 0 Å². The van der Waals surface area contributed by atoms with Crippen LogP contribution in [0.3, 0.4) is 0 Å². The molecule has 0 radical (unpaired) electrons. The van der Waals surface area contributed by atoms with E-state index in [2.05, 4.69) is 66.0 Å². The molecule has 4 rings (SSSR count). The SMILES string of the molecule is COc1ccccc1OCC1CNC(=O)O1.c1ccc(CCc2ccccc2)cc1. The Hall–Kier alpha value is -3.47. The van der Waals surface area contributed by atoms with Crippen LogP contribution in [0.5, 0.6) is 11.5 Å². The van der Waals surface area contributed by atoms with E-state index in [4.69, 9.17) is 14.2 Å². The molecule has 1 atom stereocenters. The van der Waals surface area contributed by atoms with E-state index in [1.165, 1.54) is 11.1 Å². The molecule has 0 aromatic heterocycles. The molecule has 1 fully saturated rings. The fraction of sp³-hybridized carbons (Fsp3) is 0.240. The first-order valence-electron chi connectivity index (χ1n) is 10.0. The lowest BCUT2D eigenvalue weighted by Crippen LogP contribution is -2.22. The highest BCUT2D eigenvalue weighted by molar-refractivity contribution is 5.69. The van der Waals surface area contributed by atoms with Crippen LogP contribution >= 0.6 is 0 Å². The van der Waals surface area contributed by atoms with Gasteiger partial charge < -0.3 is 19.5 Å². The van der Waals surface area contributed by atoms with Gasteiger partial charge in [0.2, 0.25) is 0 Å². The summed E-state index contributed by atoms with van der Waals surface area (Å²) in [4.78, 5) is 10.8. The number of benzene rings is 3. The van der Waals surface area contributed by atoms with E-state index in [1.807, 2.05) is 24.3 Å². The van der Waals surface area contributed by atoms with Gasteiger partial charge in [-0.1, -0.05) is 72.8 Å². The fourth-order valence-electron chi connectivity index (χ4n) is 3.02. The van der Waals surface area contributed by atoms with Crippen LogP contribution in [0.1, 0.15) is 11.1 Å². The second-order valence-electron chi connectivity index (χ2n) is 6.84. The molecule has 0 bridgehead atoms. The van der Waals surface area contributed by atoms with Gasteiger partial charge in [-0.3, -0.25) is 0 Å². The average molecular weight is 405 g/mol. The Balaban J connectivity index is 0.000000172. The van der Waals surface area contributed by atoms with Gasteiger partial charge in [-0.15, -0.1) is 0 Å². The Kier molecular flexibility index (Phi) is 8.15. The van der Waals surface area contributed by atoms with E-state index < -0.39 is 6.09 Å². The summed E-state index contributed by atoms with van der Waals surface area (Å²) >= 11 is 0. The van der Waals surface area contributed by atoms with Crippen LogP contribution in [-0.2, 0) is 17.6 Å². The Morgan fingerprint density at radius 3 is 1.87 bits per heavy atom. The van der Waals surface area contributed by atoms with Gasteiger partial charge in [0.1, 0.15) is 6.61 Å². The first-order chi connectivity index (χ1) is 14.7. The largest absolute Gasteiger partial charge is 0.493 e. The number of ether oxygens (including phenoxy) is 3. The van der Waals surface area contributed by atoms with Gasteiger partial charge in [-0.05, 0) is 36.1 Å². The molecule has 30 heavy (non-hydrogen) atoms. The Morgan fingerprint density at radius 2 is 1.37 bits per heavy atom. The van der Waals surface area contributed by atoms with Crippen molar-refractivity contribution < 1.29 is 19.0 Å². The minimum Gasteiger partial charge on any atom is -0.493 e. The number of carbonyl (C=O) groups excluding carboxylic acids is 1. The van der Waals surface area contributed by atoms with Gasteiger partial charge >= 0.3 is 6.09 Å². The van der Waals surface area contributed by atoms with Gasteiger partial charge in [-0.2, -0.15) is 0 Å². The number of aryl methyl sites for hydroxylation is 2. The van der Waals surface area contributed by atoms with Gasteiger partial charge in [0.05, 0.1) is 13.7 Å². The van der Waals surface area contributed by atoms with E-state index in [0.717, 1.165) is 12.8 Å². The van der Waals surface area contributed by atoms with Crippen LogP contribution in [0.15, 0.2) is 84.9 Å². The molecule has 0 saturated carbocycles. The molecular weight excluding hydrogens is 378 g/mol. The molecular formula is C25H27NO4. The van der Waals surface area contributed by atoms with E-state index in [0.29, 0.717) is 24.7 Å². The molecule has 3 aromatic rings. The molecule has 0 aliphatic carbocycles. The third kappa shape index (κ3) is 6.85. The van der Waals surface area contributed by atoms with Crippen LogP contribution < -0.4 is 14.8 Å². The number of amides is 1.